The van der Waals surface area contributed by atoms with Crippen molar-refractivity contribution in [2.45, 2.75) is 19.8 Å². The molecule has 3 amide bonds. The van der Waals surface area contributed by atoms with Gasteiger partial charge >= 0.3 is 0 Å². The SMILES string of the molecule is CC(=O)Nc1cccc(NC(=O)CC(=O)NCCCN(C)C)c1. The first-order valence-electron chi connectivity index (χ1n) is 7.46. The Hall–Kier alpha value is -2.41. The fraction of sp³-hybridized carbons (Fsp3) is 0.438. The highest BCUT2D eigenvalue weighted by atomic mass is 16.2. The van der Waals surface area contributed by atoms with E-state index in [1.807, 2.05) is 19.0 Å². The lowest BCUT2D eigenvalue weighted by atomic mass is 10.2. The molecule has 23 heavy (non-hydrogen) atoms. The number of benzene rings is 1. The van der Waals surface area contributed by atoms with E-state index in [1.165, 1.54) is 6.92 Å². The van der Waals surface area contributed by atoms with Crippen molar-refractivity contribution >= 4 is 29.1 Å². The lowest BCUT2D eigenvalue weighted by molar-refractivity contribution is -0.126. The number of nitrogens with zero attached hydrogens (tertiary/aromatic N) is 1. The van der Waals surface area contributed by atoms with Crippen LogP contribution in [0.1, 0.15) is 19.8 Å². The lowest BCUT2D eigenvalue weighted by Crippen LogP contribution is -2.30. The van der Waals surface area contributed by atoms with Crippen LogP contribution in [0.15, 0.2) is 24.3 Å². The second kappa shape index (κ2) is 9.58. The van der Waals surface area contributed by atoms with Crippen molar-refractivity contribution in [2.75, 3.05) is 37.8 Å². The van der Waals surface area contributed by atoms with Gasteiger partial charge in [0.15, 0.2) is 0 Å². The molecule has 0 saturated carbocycles. The molecule has 0 aliphatic heterocycles. The topological polar surface area (TPSA) is 90.5 Å². The van der Waals surface area contributed by atoms with Crippen LogP contribution in [-0.2, 0) is 14.4 Å². The Labute approximate surface area is 136 Å². The van der Waals surface area contributed by atoms with Crippen molar-refractivity contribution in [3.8, 4) is 0 Å². The molecule has 0 aromatic heterocycles. The Balaban J connectivity index is 2.38. The van der Waals surface area contributed by atoms with Gasteiger partial charge in [0.2, 0.25) is 17.7 Å². The standard InChI is InChI=1S/C16H24N4O3/c1-12(21)18-13-6-4-7-14(10-13)19-16(23)11-15(22)17-8-5-9-20(2)3/h4,6-7,10H,5,8-9,11H2,1-3H3,(H,17,22)(H,18,21)(H,19,23). The monoisotopic (exact) mass is 320 g/mol. The molecule has 1 aromatic carbocycles. The van der Waals surface area contributed by atoms with Gasteiger partial charge in [-0.15, -0.1) is 0 Å². The van der Waals surface area contributed by atoms with Gasteiger partial charge in [-0.25, -0.2) is 0 Å². The van der Waals surface area contributed by atoms with E-state index in [0.29, 0.717) is 17.9 Å². The number of hydrogen-bond acceptors (Lipinski definition) is 4. The van der Waals surface area contributed by atoms with Crippen LogP contribution in [0.5, 0.6) is 0 Å². The van der Waals surface area contributed by atoms with Gasteiger partial charge in [0.1, 0.15) is 6.42 Å². The molecular formula is C16H24N4O3. The summed E-state index contributed by atoms with van der Waals surface area (Å²) in [4.78, 5) is 36.5. The van der Waals surface area contributed by atoms with Crippen molar-refractivity contribution in [1.82, 2.24) is 10.2 Å². The largest absolute Gasteiger partial charge is 0.356 e. The van der Waals surface area contributed by atoms with Gasteiger partial charge in [-0.2, -0.15) is 0 Å². The van der Waals surface area contributed by atoms with Gasteiger partial charge in [-0.1, -0.05) is 6.07 Å². The van der Waals surface area contributed by atoms with E-state index in [9.17, 15) is 14.4 Å². The number of hydrogen-bond donors (Lipinski definition) is 3. The van der Waals surface area contributed by atoms with Crippen LogP contribution in [0.25, 0.3) is 0 Å². The predicted octanol–water partition coefficient (Wildman–Crippen LogP) is 1.04. The molecule has 0 saturated heterocycles. The number of carbonyl (C=O) groups is 3. The Morgan fingerprint density at radius 1 is 1.04 bits per heavy atom. The van der Waals surface area contributed by atoms with E-state index < -0.39 is 5.91 Å². The first kappa shape index (κ1) is 18.6. The average Bonchev–Trinajstić information content (AvgIpc) is 2.42. The highest BCUT2D eigenvalue weighted by Crippen LogP contribution is 2.15. The van der Waals surface area contributed by atoms with Gasteiger partial charge in [0.25, 0.3) is 0 Å². The molecule has 0 heterocycles. The second-order valence-electron chi connectivity index (χ2n) is 5.49. The van der Waals surface area contributed by atoms with Crippen LogP contribution >= 0.6 is 0 Å². The van der Waals surface area contributed by atoms with Crippen LogP contribution in [0.2, 0.25) is 0 Å². The minimum absolute atomic E-state index is 0.189. The lowest BCUT2D eigenvalue weighted by Gasteiger charge is -2.10. The number of rotatable bonds is 8. The summed E-state index contributed by atoms with van der Waals surface area (Å²) in [5.74, 6) is -0.889. The molecule has 7 heteroatoms. The first-order valence-corrected chi connectivity index (χ1v) is 7.46. The van der Waals surface area contributed by atoms with E-state index in [0.717, 1.165) is 13.0 Å². The van der Waals surface area contributed by atoms with E-state index in [4.69, 9.17) is 0 Å². The molecule has 3 N–H and O–H groups in total. The summed E-state index contributed by atoms with van der Waals surface area (Å²) in [7, 11) is 3.93. The van der Waals surface area contributed by atoms with Crippen molar-refractivity contribution < 1.29 is 14.4 Å². The van der Waals surface area contributed by atoms with E-state index in [-0.39, 0.29) is 18.2 Å². The molecule has 0 atom stereocenters. The molecule has 1 aromatic rings. The normalized spacial score (nSPS) is 10.3. The summed E-state index contributed by atoms with van der Waals surface area (Å²) in [6.07, 6.45) is 0.603. The molecule has 0 radical (unpaired) electrons. The van der Waals surface area contributed by atoms with E-state index in [1.54, 1.807) is 24.3 Å². The maximum Gasteiger partial charge on any atom is 0.233 e. The third-order valence-electron chi connectivity index (χ3n) is 2.89. The zero-order valence-corrected chi connectivity index (χ0v) is 13.8. The van der Waals surface area contributed by atoms with Crippen LogP contribution < -0.4 is 16.0 Å². The predicted molar refractivity (Wildman–Crippen MR) is 90.2 cm³/mol. The molecule has 0 unspecified atom stereocenters. The van der Waals surface area contributed by atoms with Gasteiger partial charge in [0.05, 0.1) is 0 Å². The molecule has 0 spiro atoms. The van der Waals surface area contributed by atoms with Crippen LogP contribution in [0.4, 0.5) is 11.4 Å². The summed E-state index contributed by atoms with van der Waals surface area (Å²) < 4.78 is 0. The van der Waals surface area contributed by atoms with Crippen LogP contribution in [0.3, 0.4) is 0 Å². The highest BCUT2D eigenvalue weighted by Gasteiger charge is 2.09. The van der Waals surface area contributed by atoms with Gasteiger partial charge in [-0.05, 0) is 45.3 Å². The minimum atomic E-state index is -0.393. The van der Waals surface area contributed by atoms with Crippen molar-refractivity contribution in [3.05, 3.63) is 24.3 Å². The smallest absolute Gasteiger partial charge is 0.233 e. The van der Waals surface area contributed by atoms with E-state index in [2.05, 4.69) is 16.0 Å². The average molecular weight is 320 g/mol. The maximum atomic E-state index is 11.8. The molecule has 1 rings (SSSR count). The highest BCUT2D eigenvalue weighted by molar-refractivity contribution is 6.03. The maximum absolute atomic E-state index is 11.8. The van der Waals surface area contributed by atoms with Gasteiger partial charge in [0, 0.05) is 24.8 Å². The molecule has 0 fully saturated rings. The van der Waals surface area contributed by atoms with Crippen molar-refractivity contribution in [2.24, 2.45) is 0 Å². The minimum Gasteiger partial charge on any atom is -0.356 e. The molecule has 7 nitrogen and oxygen atoms in total. The fourth-order valence-electron chi connectivity index (χ4n) is 1.91. The fourth-order valence-corrected chi connectivity index (χ4v) is 1.91. The quantitative estimate of drug-likeness (QED) is 0.493. The summed E-state index contributed by atoms with van der Waals surface area (Å²) in [5, 5.41) is 7.97. The van der Waals surface area contributed by atoms with E-state index >= 15 is 0 Å². The molecule has 0 aliphatic rings. The Bertz CT molecular complexity index is 558. The summed E-state index contributed by atoms with van der Waals surface area (Å²) >= 11 is 0. The zero-order valence-electron chi connectivity index (χ0n) is 13.8. The van der Waals surface area contributed by atoms with Crippen LogP contribution in [-0.4, -0.2) is 49.8 Å². The van der Waals surface area contributed by atoms with Crippen molar-refractivity contribution in [1.29, 1.82) is 0 Å². The molecular weight excluding hydrogens is 296 g/mol. The van der Waals surface area contributed by atoms with Gasteiger partial charge in [-0.3, -0.25) is 14.4 Å². The second-order valence-corrected chi connectivity index (χ2v) is 5.49. The molecule has 0 bridgehead atoms. The van der Waals surface area contributed by atoms with Crippen molar-refractivity contribution in [3.63, 3.8) is 0 Å². The Morgan fingerprint density at radius 3 is 2.30 bits per heavy atom. The Morgan fingerprint density at radius 2 is 1.70 bits per heavy atom. The number of nitrogens with one attached hydrogen (secondary N) is 3. The summed E-state index contributed by atoms with van der Waals surface area (Å²) in [5.41, 5.74) is 1.12. The van der Waals surface area contributed by atoms with Gasteiger partial charge < -0.3 is 20.9 Å². The zero-order chi connectivity index (χ0) is 17.2. The van der Waals surface area contributed by atoms with Crippen LogP contribution in [0, 0.1) is 0 Å². The molecule has 0 aliphatic carbocycles. The summed E-state index contributed by atoms with van der Waals surface area (Å²) in [6, 6.07) is 6.75. The number of carbonyl (C=O) groups excluding carboxylic acids is 3. The first-order chi connectivity index (χ1) is 10.9. The Kier molecular flexibility index (Phi) is 7.76. The number of amides is 3. The summed E-state index contributed by atoms with van der Waals surface area (Å²) in [6.45, 7) is 2.83. The third-order valence-corrected chi connectivity index (χ3v) is 2.89. The third kappa shape index (κ3) is 8.57. The number of anilines is 2. The molecule has 126 valence electrons.